The summed E-state index contributed by atoms with van der Waals surface area (Å²) in [5.41, 5.74) is 5.16. The predicted molar refractivity (Wildman–Crippen MR) is 132 cm³/mol. The Bertz CT molecular complexity index is 1260. The van der Waals surface area contributed by atoms with Gasteiger partial charge in [0.25, 0.3) is 5.91 Å². The van der Waals surface area contributed by atoms with Crippen molar-refractivity contribution < 1.29 is 14.3 Å². The van der Waals surface area contributed by atoms with Gasteiger partial charge in [-0.1, -0.05) is 15.9 Å². The summed E-state index contributed by atoms with van der Waals surface area (Å²) in [6, 6.07) is 16.8. The number of hydrogen-bond acceptors (Lipinski definition) is 5. The van der Waals surface area contributed by atoms with Crippen molar-refractivity contribution in [2.75, 3.05) is 7.11 Å². The van der Waals surface area contributed by atoms with Crippen molar-refractivity contribution in [2.24, 2.45) is 4.99 Å². The van der Waals surface area contributed by atoms with Crippen molar-refractivity contribution in [1.82, 2.24) is 9.88 Å². The fraction of sp³-hybridized carbons (Fsp3) is 0.125. The molecule has 0 aliphatic carbocycles. The number of halogens is 1. The number of benzene rings is 2. The van der Waals surface area contributed by atoms with E-state index in [1.165, 1.54) is 18.9 Å². The third kappa shape index (κ3) is 4.56. The third-order valence-electron chi connectivity index (χ3n) is 5.01. The summed E-state index contributed by atoms with van der Waals surface area (Å²) >= 11 is 4.72. The topological polar surface area (TPSA) is 72.7 Å². The fourth-order valence-corrected chi connectivity index (χ4v) is 4.55. The highest BCUT2D eigenvalue weighted by molar-refractivity contribution is 9.10. The van der Waals surface area contributed by atoms with Gasteiger partial charge in [-0.25, -0.2) is 9.79 Å². The van der Waals surface area contributed by atoms with Gasteiger partial charge in [-0.3, -0.25) is 4.79 Å². The Morgan fingerprint density at radius 2 is 1.81 bits per heavy atom. The van der Waals surface area contributed by atoms with E-state index >= 15 is 0 Å². The maximum Gasteiger partial charge on any atom is 0.337 e. The van der Waals surface area contributed by atoms with Crippen molar-refractivity contribution in [3.8, 4) is 5.69 Å². The zero-order valence-electron chi connectivity index (χ0n) is 17.7. The van der Waals surface area contributed by atoms with Crippen LogP contribution in [0.2, 0.25) is 0 Å². The number of nitrogens with zero attached hydrogens (tertiary/aromatic N) is 2. The van der Waals surface area contributed by atoms with E-state index in [0.717, 1.165) is 32.8 Å². The van der Waals surface area contributed by atoms with E-state index in [1.807, 2.05) is 62.4 Å². The van der Waals surface area contributed by atoms with Gasteiger partial charge in [-0.05, 0) is 91.8 Å². The third-order valence-corrected chi connectivity index (χ3v) is 6.45. The highest BCUT2D eigenvalue weighted by Gasteiger charge is 2.24. The minimum Gasteiger partial charge on any atom is -0.465 e. The molecule has 6 nitrogen and oxygen atoms in total. The molecule has 2 aromatic carbocycles. The summed E-state index contributed by atoms with van der Waals surface area (Å²) < 4.78 is 7.82. The number of amidine groups is 1. The van der Waals surface area contributed by atoms with Crippen LogP contribution < -0.4 is 5.32 Å². The van der Waals surface area contributed by atoms with Crippen LogP contribution in [0.3, 0.4) is 0 Å². The predicted octanol–water partition coefficient (Wildman–Crippen LogP) is 5.53. The lowest BCUT2D eigenvalue weighted by atomic mass is 10.2. The van der Waals surface area contributed by atoms with E-state index in [-0.39, 0.29) is 11.9 Å². The van der Waals surface area contributed by atoms with Gasteiger partial charge in [0, 0.05) is 21.5 Å². The molecule has 32 heavy (non-hydrogen) atoms. The zero-order chi connectivity index (χ0) is 22.8. The van der Waals surface area contributed by atoms with Crippen LogP contribution in [0.5, 0.6) is 0 Å². The van der Waals surface area contributed by atoms with E-state index < -0.39 is 0 Å². The first-order valence-corrected chi connectivity index (χ1v) is 11.4. The second kappa shape index (κ2) is 9.18. The molecule has 1 saturated heterocycles. The monoisotopic (exact) mass is 509 g/mol. The maximum absolute atomic E-state index is 12.5. The summed E-state index contributed by atoms with van der Waals surface area (Å²) in [5.74, 6) is -0.536. The number of carbonyl (C=O) groups excluding carboxylic acids is 2. The van der Waals surface area contributed by atoms with E-state index in [9.17, 15) is 9.59 Å². The van der Waals surface area contributed by atoms with Crippen LogP contribution >= 0.6 is 27.7 Å². The number of aryl methyl sites for hydroxylation is 1. The van der Waals surface area contributed by atoms with Crippen LogP contribution in [0, 0.1) is 13.8 Å². The van der Waals surface area contributed by atoms with Gasteiger partial charge in [-0.15, -0.1) is 0 Å². The summed E-state index contributed by atoms with van der Waals surface area (Å²) in [6.07, 6.45) is 1.88. The van der Waals surface area contributed by atoms with Gasteiger partial charge in [0.1, 0.15) is 0 Å². The van der Waals surface area contributed by atoms with Gasteiger partial charge >= 0.3 is 5.97 Å². The molecule has 1 aromatic heterocycles. The van der Waals surface area contributed by atoms with Gasteiger partial charge in [-0.2, -0.15) is 0 Å². The number of methoxy groups -OCH3 is 1. The minimum atomic E-state index is -0.368. The Kier molecular flexibility index (Phi) is 6.34. The fourth-order valence-electron chi connectivity index (χ4n) is 3.45. The smallest absolute Gasteiger partial charge is 0.337 e. The van der Waals surface area contributed by atoms with E-state index in [2.05, 4.69) is 30.8 Å². The van der Waals surface area contributed by atoms with E-state index in [0.29, 0.717) is 15.6 Å². The number of aliphatic imine (C=N–C) groups is 1. The summed E-state index contributed by atoms with van der Waals surface area (Å²) in [6.45, 7) is 4.01. The van der Waals surface area contributed by atoms with Gasteiger partial charge in [0.15, 0.2) is 5.17 Å². The second-order valence-electron chi connectivity index (χ2n) is 7.16. The lowest BCUT2D eigenvalue weighted by Gasteiger charge is -2.10. The average Bonchev–Trinajstić information content (AvgIpc) is 3.27. The van der Waals surface area contributed by atoms with Crippen LogP contribution in [-0.4, -0.2) is 28.7 Å². The molecule has 0 unspecified atom stereocenters. The van der Waals surface area contributed by atoms with E-state index in [4.69, 9.17) is 4.74 Å². The molecule has 1 N–H and O–H groups in total. The number of aromatic nitrogens is 1. The molecule has 0 atom stereocenters. The molecule has 0 bridgehead atoms. The molecule has 3 aromatic rings. The largest absolute Gasteiger partial charge is 0.465 e. The number of carbonyl (C=O) groups is 2. The second-order valence-corrected chi connectivity index (χ2v) is 9.10. The molecular formula is C24H20BrN3O3S. The number of ether oxygens (including phenoxy) is 1. The summed E-state index contributed by atoms with van der Waals surface area (Å²) in [5, 5.41) is 3.38. The first-order chi connectivity index (χ1) is 15.4. The Morgan fingerprint density at radius 1 is 1.12 bits per heavy atom. The van der Waals surface area contributed by atoms with Crippen molar-refractivity contribution >= 4 is 56.5 Å². The molecule has 0 saturated carbocycles. The molecule has 8 heteroatoms. The molecule has 1 amide bonds. The average molecular weight is 510 g/mol. The molecule has 2 heterocycles. The van der Waals surface area contributed by atoms with E-state index in [1.54, 1.807) is 12.1 Å². The SMILES string of the molecule is COC(=O)c1ccc(-n2c(C)cc(/C=C3/SC(=Nc4ccc(Br)cc4)NC3=O)c2C)cc1. The minimum absolute atomic E-state index is 0.168. The van der Waals surface area contributed by atoms with Crippen LogP contribution in [0.4, 0.5) is 5.69 Å². The van der Waals surface area contributed by atoms with Crippen LogP contribution in [0.15, 0.2) is 69.0 Å². The van der Waals surface area contributed by atoms with Crippen molar-refractivity contribution in [1.29, 1.82) is 0 Å². The first-order valence-electron chi connectivity index (χ1n) is 9.78. The summed E-state index contributed by atoms with van der Waals surface area (Å²) in [4.78, 5) is 29.3. The molecule has 0 radical (unpaired) electrons. The molecule has 1 fully saturated rings. The Labute approximate surface area is 198 Å². The molecular weight excluding hydrogens is 490 g/mol. The maximum atomic E-state index is 12.5. The number of esters is 1. The highest BCUT2D eigenvalue weighted by atomic mass is 79.9. The Balaban J connectivity index is 1.60. The number of nitrogens with one attached hydrogen (secondary N) is 1. The quantitative estimate of drug-likeness (QED) is 0.370. The number of hydrogen-bond donors (Lipinski definition) is 1. The molecule has 1 aliphatic heterocycles. The summed E-state index contributed by atoms with van der Waals surface area (Å²) in [7, 11) is 1.36. The Hall–Kier alpha value is -3.10. The number of thioether (sulfide) groups is 1. The van der Waals surface area contributed by atoms with Gasteiger partial charge < -0.3 is 14.6 Å². The molecule has 1 aliphatic rings. The number of rotatable bonds is 4. The first kappa shape index (κ1) is 22.1. The van der Waals surface area contributed by atoms with Crippen molar-refractivity contribution in [3.05, 3.63) is 86.5 Å². The lowest BCUT2D eigenvalue weighted by molar-refractivity contribution is -0.115. The number of amides is 1. The molecule has 4 rings (SSSR count). The lowest BCUT2D eigenvalue weighted by Crippen LogP contribution is -2.19. The van der Waals surface area contributed by atoms with Crippen molar-refractivity contribution in [3.63, 3.8) is 0 Å². The van der Waals surface area contributed by atoms with Crippen LogP contribution in [0.1, 0.15) is 27.3 Å². The normalized spacial score (nSPS) is 15.9. The van der Waals surface area contributed by atoms with Crippen LogP contribution in [-0.2, 0) is 9.53 Å². The van der Waals surface area contributed by atoms with Crippen molar-refractivity contribution in [2.45, 2.75) is 13.8 Å². The molecule has 162 valence electrons. The standard InChI is InChI=1S/C24H20BrN3O3S/c1-14-12-17(15(2)28(14)20-10-4-16(5-11-20)23(30)31-3)13-21-22(29)27-24(32-21)26-19-8-6-18(25)7-9-19/h4-13H,1-3H3,(H,26,27,29)/b21-13+. The molecule has 0 spiro atoms. The zero-order valence-corrected chi connectivity index (χ0v) is 20.1. The van der Waals surface area contributed by atoms with Crippen LogP contribution in [0.25, 0.3) is 11.8 Å². The van der Waals surface area contributed by atoms with Gasteiger partial charge in [0.05, 0.1) is 23.3 Å². The highest BCUT2D eigenvalue weighted by Crippen LogP contribution is 2.31. The Morgan fingerprint density at radius 3 is 2.47 bits per heavy atom. The van der Waals surface area contributed by atoms with Gasteiger partial charge in [0.2, 0.25) is 0 Å².